The van der Waals surface area contributed by atoms with Crippen molar-refractivity contribution in [1.82, 2.24) is 25.2 Å². The fraction of sp³-hybridized carbons (Fsp3) is 0.348. The molecule has 32 heavy (non-hydrogen) atoms. The fourth-order valence-corrected chi connectivity index (χ4v) is 3.37. The van der Waals surface area contributed by atoms with E-state index in [1.165, 1.54) is 12.4 Å². The number of nitrogens with zero attached hydrogens (tertiary/aromatic N) is 4. The predicted octanol–water partition coefficient (Wildman–Crippen LogP) is 1.94. The Hall–Kier alpha value is -2.80. The molecule has 0 spiro atoms. The van der Waals surface area contributed by atoms with E-state index < -0.39 is 12.3 Å². The van der Waals surface area contributed by atoms with Crippen LogP contribution in [-0.4, -0.2) is 62.3 Å². The van der Waals surface area contributed by atoms with E-state index in [1.54, 1.807) is 18.3 Å². The molecule has 2 aromatic heterocycles. The quantitative estimate of drug-likeness (QED) is 0.301. The van der Waals surface area contributed by atoms with Crippen LogP contribution in [0.2, 0.25) is 5.02 Å². The Morgan fingerprint density at radius 2 is 1.81 bits per heavy atom. The molecule has 0 saturated carbocycles. The Bertz CT molecular complexity index is 1100. The zero-order valence-corrected chi connectivity index (χ0v) is 18.8. The highest BCUT2D eigenvalue weighted by molar-refractivity contribution is 6.31. The van der Waals surface area contributed by atoms with E-state index in [4.69, 9.17) is 17.3 Å². The van der Waals surface area contributed by atoms with Crippen LogP contribution in [0.15, 0.2) is 36.8 Å². The number of rotatable bonds is 8. The number of aliphatic hydroxyl groups is 2. The van der Waals surface area contributed by atoms with Crippen LogP contribution < -0.4 is 11.1 Å². The van der Waals surface area contributed by atoms with Gasteiger partial charge in [-0.2, -0.15) is 0 Å². The lowest BCUT2D eigenvalue weighted by Crippen LogP contribution is -2.39. The Labute approximate surface area is 192 Å². The van der Waals surface area contributed by atoms with E-state index in [2.05, 4.69) is 37.0 Å². The van der Waals surface area contributed by atoms with Gasteiger partial charge in [0.25, 0.3) is 0 Å². The second kappa shape index (κ2) is 11.2. The number of aliphatic hydroxyl groups excluding tert-OH is 2. The summed E-state index contributed by atoms with van der Waals surface area (Å²) in [5, 5.41) is 25.6. The van der Waals surface area contributed by atoms with Crippen LogP contribution in [0.1, 0.15) is 37.0 Å². The van der Waals surface area contributed by atoms with E-state index in [-0.39, 0.29) is 12.4 Å². The van der Waals surface area contributed by atoms with Crippen LogP contribution in [0.5, 0.6) is 0 Å². The molecule has 5 N–H and O–H groups in total. The lowest BCUT2D eigenvalue weighted by atomic mass is 10.1. The van der Waals surface area contributed by atoms with E-state index in [0.29, 0.717) is 28.5 Å². The number of likely N-dealkylation sites (N-methyl/N-ethyl adjacent to an activating group) is 1. The Kier molecular flexibility index (Phi) is 8.33. The van der Waals surface area contributed by atoms with Crippen molar-refractivity contribution in [1.29, 1.82) is 0 Å². The lowest BCUT2D eigenvalue weighted by Gasteiger charge is -2.23. The highest BCUT2D eigenvalue weighted by atomic mass is 35.5. The maximum atomic E-state index is 10.3. The van der Waals surface area contributed by atoms with E-state index in [0.717, 1.165) is 23.9 Å². The highest BCUT2D eigenvalue weighted by Gasteiger charge is 2.13. The molecule has 9 heteroatoms. The summed E-state index contributed by atoms with van der Waals surface area (Å²) in [4.78, 5) is 14.7. The average Bonchev–Trinajstić information content (AvgIpc) is 2.80. The number of nitrogens with two attached hydrogens (primary N) is 1. The molecule has 0 fully saturated rings. The van der Waals surface area contributed by atoms with Gasteiger partial charge in [-0.05, 0) is 31.1 Å². The molecule has 8 nitrogen and oxygen atoms in total. The van der Waals surface area contributed by atoms with Crippen molar-refractivity contribution in [2.45, 2.75) is 26.2 Å². The first kappa shape index (κ1) is 23.9. The maximum absolute atomic E-state index is 10.3. The van der Waals surface area contributed by atoms with Crippen LogP contribution in [0.25, 0.3) is 10.8 Å². The normalized spacial score (nSPS) is 13.1. The van der Waals surface area contributed by atoms with Gasteiger partial charge in [0.1, 0.15) is 12.0 Å². The maximum Gasteiger partial charge on any atom is 0.205 e. The zero-order chi connectivity index (χ0) is 23.1. The first-order valence-electron chi connectivity index (χ1n) is 10.4. The summed E-state index contributed by atoms with van der Waals surface area (Å²) in [6.07, 6.45) is 3.07. The van der Waals surface area contributed by atoms with Crippen molar-refractivity contribution in [3.05, 3.63) is 58.8 Å². The molecule has 2 unspecified atom stereocenters. The number of nitrogen functional groups attached to an aromatic ring is 1. The predicted molar refractivity (Wildman–Crippen MR) is 126 cm³/mol. The summed E-state index contributed by atoms with van der Waals surface area (Å²) in [6.45, 7) is 6.59. The summed E-state index contributed by atoms with van der Waals surface area (Å²) >= 11 is 6.11. The van der Waals surface area contributed by atoms with Gasteiger partial charge in [0.05, 0.1) is 11.7 Å². The van der Waals surface area contributed by atoms with Gasteiger partial charge >= 0.3 is 0 Å². The summed E-state index contributed by atoms with van der Waals surface area (Å²) in [5.41, 5.74) is 7.04. The van der Waals surface area contributed by atoms with Crippen LogP contribution in [0.3, 0.4) is 0 Å². The number of nitrogens with one attached hydrogen (secondary N) is 1. The number of aromatic nitrogens is 3. The number of hydrogen-bond acceptors (Lipinski definition) is 8. The molecule has 1 aromatic carbocycles. The van der Waals surface area contributed by atoms with Gasteiger partial charge in [0, 0.05) is 53.0 Å². The number of fused-ring (bicyclic) bond motifs is 1. The molecule has 0 aliphatic heterocycles. The largest absolute Gasteiger partial charge is 0.390 e. The first-order valence-corrected chi connectivity index (χ1v) is 10.8. The van der Waals surface area contributed by atoms with Gasteiger partial charge in [-0.1, -0.05) is 37.4 Å². The van der Waals surface area contributed by atoms with Gasteiger partial charge in [0.15, 0.2) is 0 Å². The number of pyridine rings is 1. The summed E-state index contributed by atoms with van der Waals surface area (Å²) in [6, 6.07) is 5.43. The summed E-state index contributed by atoms with van der Waals surface area (Å²) in [7, 11) is 0. The molecule has 2 atom stereocenters. The first-order chi connectivity index (χ1) is 15.4. The molecule has 3 aromatic rings. The third-order valence-corrected chi connectivity index (χ3v) is 5.32. The summed E-state index contributed by atoms with van der Waals surface area (Å²) in [5.74, 6) is 6.44. The van der Waals surface area contributed by atoms with Gasteiger partial charge in [0.2, 0.25) is 5.82 Å². The number of hydrogen-bond donors (Lipinski definition) is 4. The van der Waals surface area contributed by atoms with Gasteiger partial charge in [-0.15, -0.1) is 0 Å². The molecule has 0 bridgehead atoms. The molecule has 2 heterocycles. The monoisotopic (exact) mass is 454 g/mol. The minimum atomic E-state index is -0.997. The molecule has 0 saturated heterocycles. The minimum Gasteiger partial charge on any atom is -0.390 e. The molecule has 0 amide bonds. The molecular formula is C23H27ClN6O2. The van der Waals surface area contributed by atoms with E-state index >= 15 is 0 Å². The zero-order valence-electron chi connectivity index (χ0n) is 18.1. The molecule has 3 rings (SSSR count). The van der Waals surface area contributed by atoms with Crippen LogP contribution in [0, 0.1) is 11.8 Å². The van der Waals surface area contributed by atoms with Crippen molar-refractivity contribution in [3.8, 4) is 11.8 Å². The Balaban J connectivity index is 1.67. The average molecular weight is 455 g/mol. The van der Waals surface area contributed by atoms with Gasteiger partial charge < -0.3 is 20.8 Å². The smallest absolute Gasteiger partial charge is 0.205 e. The Morgan fingerprint density at radius 3 is 2.50 bits per heavy atom. The van der Waals surface area contributed by atoms with Crippen LogP contribution in [-0.2, 0) is 0 Å². The van der Waals surface area contributed by atoms with E-state index in [9.17, 15) is 10.2 Å². The second-order valence-corrected chi connectivity index (χ2v) is 7.73. The van der Waals surface area contributed by atoms with Crippen LogP contribution >= 0.6 is 11.6 Å². The van der Waals surface area contributed by atoms with Crippen molar-refractivity contribution in [3.63, 3.8) is 0 Å². The molecule has 0 radical (unpaired) electrons. The van der Waals surface area contributed by atoms with Crippen molar-refractivity contribution >= 4 is 28.2 Å². The Morgan fingerprint density at radius 1 is 1.09 bits per heavy atom. The van der Waals surface area contributed by atoms with E-state index in [1.807, 2.05) is 19.9 Å². The van der Waals surface area contributed by atoms with Crippen molar-refractivity contribution in [2.24, 2.45) is 0 Å². The molecule has 168 valence electrons. The van der Waals surface area contributed by atoms with Crippen molar-refractivity contribution < 1.29 is 10.2 Å². The lowest BCUT2D eigenvalue weighted by molar-refractivity contribution is 0.0805. The van der Waals surface area contributed by atoms with Gasteiger partial charge in [-0.3, -0.25) is 5.32 Å². The molecular weight excluding hydrogens is 428 g/mol. The highest BCUT2D eigenvalue weighted by Crippen LogP contribution is 2.24. The summed E-state index contributed by atoms with van der Waals surface area (Å²) < 4.78 is 0. The standard InChI is InChI=1S/C23H27ClN6O2/c1-3-30(4-2)14-18(31)13-29-23(32)16-11-26-21(27-12-16)8-7-19-20-9-17(24)6-5-15(20)10-28-22(19)25/h5-6,9-12,18,23,29,31-32H,3-4,13-14H2,1-2H3,(H2,25,28). The molecule has 0 aliphatic carbocycles. The van der Waals surface area contributed by atoms with Crippen molar-refractivity contribution in [2.75, 3.05) is 31.9 Å². The number of anilines is 1. The topological polar surface area (TPSA) is 120 Å². The van der Waals surface area contributed by atoms with Crippen LogP contribution in [0.4, 0.5) is 5.82 Å². The fourth-order valence-electron chi connectivity index (χ4n) is 3.20. The third-order valence-electron chi connectivity index (χ3n) is 5.08. The van der Waals surface area contributed by atoms with Gasteiger partial charge in [-0.25, -0.2) is 15.0 Å². The SMILES string of the molecule is CCN(CC)CC(O)CNC(O)c1cnc(C#Cc2c(N)ncc3ccc(Cl)cc23)nc1. The number of halogens is 1. The molecule has 0 aliphatic rings. The second-order valence-electron chi connectivity index (χ2n) is 7.29. The third kappa shape index (κ3) is 6.13. The number of benzene rings is 1. The minimum absolute atomic E-state index is 0.245.